The van der Waals surface area contributed by atoms with Gasteiger partial charge in [0.1, 0.15) is 0 Å². The quantitative estimate of drug-likeness (QED) is 0.721. The first kappa shape index (κ1) is 16.3. The SMILES string of the molecule is CCCCc1[nH]n(-c2ccccc2C)c(=O)c1-c1ccc(C)cc1. The van der Waals surface area contributed by atoms with E-state index < -0.39 is 0 Å². The minimum absolute atomic E-state index is 0.0271. The number of unbranched alkanes of at least 4 members (excludes halogenated alkanes) is 1. The fraction of sp³-hybridized carbons (Fsp3) is 0.286. The highest BCUT2D eigenvalue weighted by Crippen LogP contribution is 2.23. The Balaban J connectivity index is 2.18. The highest BCUT2D eigenvalue weighted by molar-refractivity contribution is 5.66. The molecule has 2 aromatic carbocycles. The van der Waals surface area contributed by atoms with Crippen molar-refractivity contribution in [3.05, 3.63) is 75.7 Å². The molecule has 1 heterocycles. The molecule has 24 heavy (non-hydrogen) atoms. The zero-order chi connectivity index (χ0) is 17.1. The maximum atomic E-state index is 13.1. The van der Waals surface area contributed by atoms with Crippen LogP contribution in [0.5, 0.6) is 0 Å². The average Bonchev–Trinajstić information content (AvgIpc) is 2.91. The fourth-order valence-corrected chi connectivity index (χ4v) is 3.02. The number of aromatic nitrogens is 2. The third kappa shape index (κ3) is 3.07. The number of hydrogen-bond donors (Lipinski definition) is 1. The van der Waals surface area contributed by atoms with Gasteiger partial charge < -0.3 is 0 Å². The Bertz CT molecular complexity index is 885. The van der Waals surface area contributed by atoms with E-state index in [1.54, 1.807) is 4.68 Å². The van der Waals surface area contributed by atoms with E-state index in [0.29, 0.717) is 0 Å². The van der Waals surface area contributed by atoms with Crippen molar-refractivity contribution in [3.63, 3.8) is 0 Å². The number of H-pyrrole nitrogens is 1. The minimum atomic E-state index is 0.0271. The van der Waals surface area contributed by atoms with Gasteiger partial charge in [0.2, 0.25) is 0 Å². The zero-order valence-corrected chi connectivity index (χ0v) is 14.6. The summed E-state index contributed by atoms with van der Waals surface area (Å²) in [5.41, 5.74) is 6.03. The third-order valence-electron chi connectivity index (χ3n) is 4.44. The molecule has 0 spiro atoms. The lowest BCUT2D eigenvalue weighted by atomic mass is 10.0. The molecule has 0 bridgehead atoms. The first-order chi connectivity index (χ1) is 11.6. The highest BCUT2D eigenvalue weighted by atomic mass is 16.1. The number of aromatic amines is 1. The van der Waals surface area contributed by atoms with Crippen LogP contribution in [-0.2, 0) is 6.42 Å². The number of benzene rings is 2. The molecule has 0 aliphatic rings. The van der Waals surface area contributed by atoms with Crippen molar-refractivity contribution < 1.29 is 0 Å². The van der Waals surface area contributed by atoms with Crippen molar-refractivity contribution in [2.75, 3.05) is 0 Å². The Kier molecular flexibility index (Phi) is 4.70. The van der Waals surface area contributed by atoms with E-state index in [-0.39, 0.29) is 5.56 Å². The predicted molar refractivity (Wildman–Crippen MR) is 99.9 cm³/mol. The summed E-state index contributed by atoms with van der Waals surface area (Å²) >= 11 is 0. The number of nitrogens with one attached hydrogen (secondary N) is 1. The maximum Gasteiger partial charge on any atom is 0.279 e. The molecule has 1 N–H and O–H groups in total. The molecular weight excluding hydrogens is 296 g/mol. The van der Waals surface area contributed by atoms with Gasteiger partial charge in [0.25, 0.3) is 5.56 Å². The van der Waals surface area contributed by atoms with Crippen molar-refractivity contribution in [1.82, 2.24) is 9.78 Å². The second kappa shape index (κ2) is 6.91. The van der Waals surface area contributed by atoms with Crippen molar-refractivity contribution in [3.8, 4) is 16.8 Å². The molecule has 0 saturated carbocycles. The number of hydrogen-bond acceptors (Lipinski definition) is 1. The van der Waals surface area contributed by atoms with Crippen LogP contribution in [0.2, 0.25) is 0 Å². The topological polar surface area (TPSA) is 37.8 Å². The summed E-state index contributed by atoms with van der Waals surface area (Å²) < 4.78 is 1.69. The van der Waals surface area contributed by atoms with Gasteiger partial charge in [-0.3, -0.25) is 9.89 Å². The van der Waals surface area contributed by atoms with E-state index in [1.807, 2.05) is 43.3 Å². The lowest BCUT2D eigenvalue weighted by Crippen LogP contribution is -2.16. The van der Waals surface area contributed by atoms with Crippen LogP contribution in [0.15, 0.2) is 53.3 Å². The maximum absolute atomic E-state index is 13.1. The van der Waals surface area contributed by atoms with E-state index >= 15 is 0 Å². The fourth-order valence-electron chi connectivity index (χ4n) is 3.02. The zero-order valence-electron chi connectivity index (χ0n) is 14.6. The molecule has 3 nitrogen and oxygen atoms in total. The van der Waals surface area contributed by atoms with E-state index in [9.17, 15) is 4.79 Å². The molecule has 0 atom stereocenters. The van der Waals surface area contributed by atoms with E-state index in [1.165, 1.54) is 5.56 Å². The molecular formula is C21H24N2O. The first-order valence-electron chi connectivity index (χ1n) is 8.58. The van der Waals surface area contributed by atoms with Crippen molar-refractivity contribution >= 4 is 0 Å². The van der Waals surface area contributed by atoms with Crippen LogP contribution in [-0.4, -0.2) is 9.78 Å². The second-order valence-electron chi connectivity index (χ2n) is 6.36. The van der Waals surface area contributed by atoms with Crippen LogP contribution in [0.3, 0.4) is 0 Å². The number of para-hydroxylation sites is 1. The molecule has 0 aliphatic heterocycles. The standard InChI is InChI=1S/C21H24N2O/c1-4-5-9-18-20(17-13-11-15(2)12-14-17)21(24)23(22-18)19-10-7-6-8-16(19)3/h6-8,10-14,22H,4-5,9H2,1-3H3. The molecule has 1 aromatic heterocycles. The van der Waals surface area contributed by atoms with Gasteiger partial charge >= 0.3 is 0 Å². The highest BCUT2D eigenvalue weighted by Gasteiger charge is 2.17. The Morgan fingerprint density at radius 3 is 2.38 bits per heavy atom. The van der Waals surface area contributed by atoms with Crippen molar-refractivity contribution in [2.24, 2.45) is 0 Å². The molecule has 0 unspecified atom stereocenters. The Morgan fingerprint density at radius 2 is 1.71 bits per heavy atom. The van der Waals surface area contributed by atoms with Crippen LogP contribution in [0.25, 0.3) is 16.8 Å². The largest absolute Gasteiger partial charge is 0.294 e. The lowest BCUT2D eigenvalue weighted by Gasteiger charge is -2.05. The summed E-state index contributed by atoms with van der Waals surface area (Å²) in [7, 11) is 0. The van der Waals surface area contributed by atoms with Crippen molar-refractivity contribution in [1.29, 1.82) is 0 Å². The van der Waals surface area contributed by atoms with Crippen LogP contribution >= 0.6 is 0 Å². The van der Waals surface area contributed by atoms with Crippen LogP contribution < -0.4 is 5.56 Å². The van der Waals surface area contributed by atoms with Gasteiger partial charge in [0, 0.05) is 5.69 Å². The lowest BCUT2D eigenvalue weighted by molar-refractivity contribution is 0.747. The summed E-state index contributed by atoms with van der Waals surface area (Å²) in [6.07, 6.45) is 3.05. The van der Waals surface area contributed by atoms with Crippen LogP contribution in [0, 0.1) is 13.8 Å². The molecule has 3 rings (SSSR count). The second-order valence-corrected chi connectivity index (χ2v) is 6.36. The number of rotatable bonds is 5. The van der Waals surface area contributed by atoms with Crippen LogP contribution in [0.4, 0.5) is 0 Å². The van der Waals surface area contributed by atoms with E-state index in [2.05, 4.69) is 31.1 Å². The molecule has 0 amide bonds. The van der Waals surface area contributed by atoms with E-state index in [4.69, 9.17) is 0 Å². The summed E-state index contributed by atoms with van der Waals surface area (Å²) in [6.45, 7) is 6.26. The predicted octanol–water partition coefficient (Wildman–Crippen LogP) is 4.79. The Morgan fingerprint density at radius 1 is 1.00 bits per heavy atom. The van der Waals surface area contributed by atoms with Crippen molar-refractivity contribution in [2.45, 2.75) is 40.0 Å². The van der Waals surface area contributed by atoms with Gasteiger partial charge in [0.05, 0.1) is 11.3 Å². The first-order valence-corrected chi connectivity index (χ1v) is 8.58. The van der Waals surface area contributed by atoms with Gasteiger partial charge in [-0.2, -0.15) is 0 Å². The normalized spacial score (nSPS) is 11.0. The third-order valence-corrected chi connectivity index (χ3v) is 4.44. The molecule has 3 heteroatoms. The number of aryl methyl sites for hydroxylation is 3. The summed E-state index contributed by atoms with van der Waals surface area (Å²) in [6, 6.07) is 16.2. The Labute approximate surface area is 143 Å². The smallest absolute Gasteiger partial charge is 0.279 e. The summed E-state index contributed by atoms with van der Waals surface area (Å²) in [4.78, 5) is 13.1. The molecule has 124 valence electrons. The molecule has 0 fully saturated rings. The Hall–Kier alpha value is -2.55. The number of nitrogens with zero attached hydrogens (tertiary/aromatic N) is 1. The molecule has 3 aromatic rings. The summed E-state index contributed by atoms with van der Waals surface area (Å²) in [5, 5.41) is 3.36. The van der Waals surface area contributed by atoms with Gasteiger partial charge in [0.15, 0.2) is 0 Å². The minimum Gasteiger partial charge on any atom is -0.294 e. The van der Waals surface area contributed by atoms with E-state index in [0.717, 1.165) is 47.3 Å². The van der Waals surface area contributed by atoms with Gasteiger partial charge in [-0.05, 0) is 43.9 Å². The molecule has 0 radical (unpaired) electrons. The molecule has 0 saturated heterocycles. The average molecular weight is 320 g/mol. The van der Waals surface area contributed by atoms with Gasteiger partial charge in [-0.1, -0.05) is 61.4 Å². The molecule has 0 aliphatic carbocycles. The monoisotopic (exact) mass is 320 g/mol. The summed E-state index contributed by atoms with van der Waals surface area (Å²) in [5.74, 6) is 0. The van der Waals surface area contributed by atoms with Gasteiger partial charge in [-0.15, -0.1) is 0 Å². The van der Waals surface area contributed by atoms with Crippen LogP contribution in [0.1, 0.15) is 36.6 Å². The van der Waals surface area contributed by atoms with Gasteiger partial charge in [-0.25, -0.2) is 4.68 Å².